The molecule has 1 saturated heterocycles. The van der Waals surface area contributed by atoms with Crippen LogP contribution in [0.1, 0.15) is 43.4 Å². The van der Waals surface area contributed by atoms with Gasteiger partial charge in [-0.3, -0.25) is 9.59 Å². The number of esters is 1. The Hall–Kier alpha value is -3.41. The van der Waals surface area contributed by atoms with Crippen LogP contribution in [0.2, 0.25) is 0 Å². The Kier molecular flexibility index (Phi) is 7.38. The number of carbonyl (C=O) groups excluding carboxylic acids is 3. The van der Waals surface area contributed by atoms with Crippen molar-refractivity contribution < 1.29 is 19.1 Å². The number of amides is 2. The van der Waals surface area contributed by atoms with Crippen molar-refractivity contribution >= 4 is 23.9 Å². The van der Waals surface area contributed by atoms with Crippen molar-refractivity contribution in [2.45, 2.75) is 32.3 Å². The van der Waals surface area contributed by atoms with Crippen LogP contribution in [0.4, 0.5) is 0 Å². The Morgan fingerprint density at radius 3 is 2.13 bits per heavy atom. The lowest BCUT2D eigenvalue weighted by Crippen LogP contribution is -2.40. The summed E-state index contributed by atoms with van der Waals surface area (Å²) in [5, 5.41) is 2.53. The second kappa shape index (κ2) is 10.4. The molecule has 0 radical (unpaired) electrons. The van der Waals surface area contributed by atoms with Crippen molar-refractivity contribution in [1.82, 2.24) is 10.2 Å². The van der Waals surface area contributed by atoms with E-state index in [4.69, 9.17) is 4.74 Å². The summed E-state index contributed by atoms with van der Waals surface area (Å²) in [6, 6.07) is 18.1. The predicted molar refractivity (Wildman–Crippen MR) is 114 cm³/mol. The number of rotatable bonds is 6. The van der Waals surface area contributed by atoms with Gasteiger partial charge in [0.2, 0.25) is 12.0 Å². The molecule has 6 nitrogen and oxygen atoms in total. The number of hydrogen-bond donors (Lipinski definition) is 1. The third kappa shape index (κ3) is 5.80. The quantitative estimate of drug-likeness (QED) is 0.589. The van der Waals surface area contributed by atoms with E-state index in [1.54, 1.807) is 29.2 Å². The molecule has 3 rings (SSSR count). The van der Waals surface area contributed by atoms with E-state index in [1.165, 1.54) is 13.0 Å². The van der Waals surface area contributed by atoms with Crippen molar-refractivity contribution in [3.63, 3.8) is 0 Å². The number of hydrogen-bond acceptors (Lipinski definition) is 4. The molecule has 0 aromatic heterocycles. The minimum absolute atomic E-state index is 0.0129. The molecule has 2 aromatic carbocycles. The van der Waals surface area contributed by atoms with Gasteiger partial charge in [0, 0.05) is 25.6 Å². The molecule has 30 heavy (non-hydrogen) atoms. The normalized spacial score (nSPS) is 15.2. The fraction of sp³-hybridized carbons (Fsp3) is 0.292. The van der Waals surface area contributed by atoms with Crippen molar-refractivity contribution in [2.75, 3.05) is 13.1 Å². The first-order chi connectivity index (χ1) is 14.5. The fourth-order valence-electron chi connectivity index (χ4n) is 3.39. The summed E-state index contributed by atoms with van der Waals surface area (Å²) < 4.78 is 5.67. The Labute approximate surface area is 176 Å². The number of benzene rings is 2. The van der Waals surface area contributed by atoms with Gasteiger partial charge in [0.25, 0.3) is 5.91 Å². The molecule has 0 spiro atoms. The van der Waals surface area contributed by atoms with E-state index in [0.717, 1.165) is 24.8 Å². The van der Waals surface area contributed by atoms with Gasteiger partial charge in [0.05, 0.1) is 0 Å². The van der Waals surface area contributed by atoms with Gasteiger partial charge in [0.15, 0.2) is 0 Å². The molecule has 156 valence electrons. The molecule has 2 aromatic rings. The average Bonchev–Trinajstić information content (AvgIpc) is 2.78. The van der Waals surface area contributed by atoms with Crippen LogP contribution in [-0.2, 0) is 19.1 Å². The van der Waals surface area contributed by atoms with Gasteiger partial charge >= 0.3 is 5.97 Å². The van der Waals surface area contributed by atoms with E-state index in [1.807, 2.05) is 36.4 Å². The van der Waals surface area contributed by atoms with Gasteiger partial charge in [-0.1, -0.05) is 60.7 Å². The highest BCUT2D eigenvalue weighted by Crippen LogP contribution is 2.24. The van der Waals surface area contributed by atoms with Crippen molar-refractivity contribution in [2.24, 2.45) is 0 Å². The Bertz CT molecular complexity index is 903. The molecule has 1 heterocycles. The Balaban J connectivity index is 1.87. The summed E-state index contributed by atoms with van der Waals surface area (Å²) in [5.74, 6) is -1.39. The van der Waals surface area contributed by atoms with Crippen molar-refractivity contribution in [3.8, 4) is 0 Å². The molecular formula is C24H26N2O4. The van der Waals surface area contributed by atoms with Gasteiger partial charge in [-0.2, -0.15) is 0 Å². The zero-order valence-electron chi connectivity index (χ0n) is 17.0. The highest BCUT2D eigenvalue weighted by molar-refractivity contribution is 5.99. The van der Waals surface area contributed by atoms with Crippen LogP contribution in [0.25, 0.3) is 6.08 Å². The molecule has 0 bridgehead atoms. The first kappa shape index (κ1) is 21.3. The molecule has 0 saturated carbocycles. The molecule has 1 atom stereocenters. The topological polar surface area (TPSA) is 75.7 Å². The zero-order valence-corrected chi connectivity index (χ0v) is 17.0. The monoisotopic (exact) mass is 406 g/mol. The maximum atomic E-state index is 13.2. The minimum atomic E-state index is -1.07. The maximum absolute atomic E-state index is 13.2. The summed E-state index contributed by atoms with van der Waals surface area (Å²) in [7, 11) is 0. The lowest BCUT2D eigenvalue weighted by atomic mass is 10.1. The van der Waals surface area contributed by atoms with Crippen LogP contribution >= 0.6 is 0 Å². The summed E-state index contributed by atoms with van der Waals surface area (Å²) in [4.78, 5) is 39.6. The van der Waals surface area contributed by atoms with Gasteiger partial charge < -0.3 is 15.0 Å². The number of nitrogens with one attached hydrogen (secondary N) is 1. The van der Waals surface area contributed by atoms with Crippen LogP contribution in [0.3, 0.4) is 0 Å². The summed E-state index contributed by atoms with van der Waals surface area (Å²) in [6.07, 6.45) is 3.44. The largest absolute Gasteiger partial charge is 0.443 e. The first-order valence-corrected chi connectivity index (χ1v) is 10.1. The van der Waals surface area contributed by atoms with E-state index in [0.29, 0.717) is 18.7 Å². The van der Waals surface area contributed by atoms with Crippen LogP contribution in [-0.4, -0.2) is 35.8 Å². The third-order valence-electron chi connectivity index (χ3n) is 4.86. The van der Waals surface area contributed by atoms with E-state index in [2.05, 4.69) is 5.32 Å². The molecule has 1 N–H and O–H groups in total. The average molecular weight is 406 g/mol. The van der Waals surface area contributed by atoms with E-state index in [9.17, 15) is 14.4 Å². The third-order valence-corrected chi connectivity index (χ3v) is 4.86. The highest BCUT2D eigenvalue weighted by Gasteiger charge is 2.31. The predicted octanol–water partition coefficient (Wildman–Crippen LogP) is 3.46. The zero-order chi connectivity index (χ0) is 21.3. The number of likely N-dealkylation sites (tertiary alicyclic amines) is 1. The van der Waals surface area contributed by atoms with E-state index >= 15 is 0 Å². The van der Waals surface area contributed by atoms with Crippen molar-refractivity contribution in [1.29, 1.82) is 0 Å². The van der Waals surface area contributed by atoms with Crippen molar-refractivity contribution in [3.05, 3.63) is 77.5 Å². The van der Waals surface area contributed by atoms with Gasteiger partial charge in [-0.15, -0.1) is 0 Å². The maximum Gasteiger partial charge on any atom is 0.355 e. The van der Waals surface area contributed by atoms with Crippen LogP contribution in [0.5, 0.6) is 0 Å². The van der Waals surface area contributed by atoms with Gasteiger partial charge in [-0.05, 0) is 30.9 Å². The minimum Gasteiger partial charge on any atom is -0.443 e. The number of nitrogens with zero attached hydrogens (tertiary/aromatic N) is 1. The van der Waals surface area contributed by atoms with Crippen LogP contribution in [0, 0.1) is 0 Å². The number of piperidine rings is 1. The van der Waals surface area contributed by atoms with Gasteiger partial charge in [0.1, 0.15) is 5.70 Å². The molecule has 0 aliphatic carbocycles. The highest BCUT2D eigenvalue weighted by atomic mass is 16.5. The summed E-state index contributed by atoms with van der Waals surface area (Å²) in [5.41, 5.74) is 1.32. The number of carbonyl (C=O) groups is 3. The molecule has 1 fully saturated rings. The molecule has 6 heteroatoms. The lowest BCUT2D eigenvalue weighted by Gasteiger charge is -2.30. The molecule has 0 unspecified atom stereocenters. The fourth-order valence-corrected chi connectivity index (χ4v) is 3.39. The molecular weight excluding hydrogens is 380 g/mol. The van der Waals surface area contributed by atoms with E-state index in [-0.39, 0.29) is 11.6 Å². The SMILES string of the molecule is CC(=O)N/C(=C\c1ccccc1)C(=O)O[C@@H](C(=O)N1CCCCC1)c1ccccc1. The summed E-state index contributed by atoms with van der Waals surface area (Å²) in [6.45, 7) is 2.62. The first-order valence-electron chi connectivity index (χ1n) is 10.1. The van der Waals surface area contributed by atoms with E-state index < -0.39 is 18.0 Å². The second-order valence-corrected chi connectivity index (χ2v) is 7.23. The molecule has 2 amide bonds. The second-order valence-electron chi connectivity index (χ2n) is 7.23. The van der Waals surface area contributed by atoms with Crippen LogP contribution in [0.15, 0.2) is 66.4 Å². The standard InChI is InChI=1S/C24H26N2O4/c1-18(27)25-21(17-19-11-5-2-6-12-19)24(29)30-22(20-13-7-3-8-14-20)23(28)26-15-9-4-10-16-26/h2-3,5-8,11-14,17,22H,4,9-10,15-16H2,1H3,(H,25,27)/b21-17-/t22-/m1/s1. The molecule has 1 aliphatic heterocycles. The Morgan fingerprint density at radius 2 is 1.53 bits per heavy atom. The number of ether oxygens (including phenoxy) is 1. The smallest absolute Gasteiger partial charge is 0.355 e. The van der Waals surface area contributed by atoms with Gasteiger partial charge in [-0.25, -0.2) is 4.79 Å². The lowest BCUT2D eigenvalue weighted by molar-refractivity contribution is -0.158. The summed E-state index contributed by atoms with van der Waals surface area (Å²) >= 11 is 0. The Morgan fingerprint density at radius 1 is 0.933 bits per heavy atom. The molecule has 1 aliphatic rings. The van der Waals surface area contributed by atoms with Crippen LogP contribution < -0.4 is 5.32 Å².